The van der Waals surface area contributed by atoms with Gasteiger partial charge in [0.15, 0.2) is 6.04 Å². The SMILES string of the molecule is CCOC(C[NH2+][C@H](C)C(=O)Nc1cccc(C(F)(F)F)c1)OCC. The summed E-state index contributed by atoms with van der Waals surface area (Å²) in [6, 6.07) is 4.05. The van der Waals surface area contributed by atoms with Crippen molar-refractivity contribution >= 4 is 11.6 Å². The van der Waals surface area contributed by atoms with Crippen LogP contribution in [0.2, 0.25) is 0 Å². The van der Waals surface area contributed by atoms with Gasteiger partial charge in [-0.2, -0.15) is 13.2 Å². The number of hydrogen-bond acceptors (Lipinski definition) is 3. The molecule has 0 heterocycles. The Morgan fingerprint density at radius 3 is 2.42 bits per heavy atom. The summed E-state index contributed by atoms with van der Waals surface area (Å²) >= 11 is 0. The lowest BCUT2D eigenvalue weighted by molar-refractivity contribution is -0.685. The van der Waals surface area contributed by atoms with Crippen LogP contribution in [0, 0.1) is 0 Å². The Morgan fingerprint density at radius 2 is 1.88 bits per heavy atom. The maximum Gasteiger partial charge on any atom is 0.416 e. The van der Waals surface area contributed by atoms with Crippen LogP contribution < -0.4 is 10.6 Å². The second-order valence-electron chi connectivity index (χ2n) is 5.17. The molecule has 0 fully saturated rings. The molecule has 136 valence electrons. The molecule has 0 aliphatic carbocycles. The number of carbonyl (C=O) groups excluding carboxylic acids is 1. The molecule has 0 aliphatic heterocycles. The average Bonchev–Trinajstić information content (AvgIpc) is 2.52. The molecule has 0 aromatic heterocycles. The van der Waals surface area contributed by atoms with Crippen molar-refractivity contribution in [2.45, 2.75) is 39.3 Å². The molecule has 1 aromatic carbocycles. The average molecular weight is 349 g/mol. The first kappa shape index (κ1) is 20.4. The van der Waals surface area contributed by atoms with E-state index in [4.69, 9.17) is 9.47 Å². The van der Waals surface area contributed by atoms with Crippen LogP contribution in [0.5, 0.6) is 0 Å². The van der Waals surface area contributed by atoms with Crippen molar-refractivity contribution in [1.82, 2.24) is 0 Å². The summed E-state index contributed by atoms with van der Waals surface area (Å²) in [5.41, 5.74) is -0.689. The van der Waals surface area contributed by atoms with Crippen molar-refractivity contribution in [3.63, 3.8) is 0 Å². The van der Waals surface area contributed by atoms with Gasteiger partial charge in [0, 0.05) is 18.9 Å². The van der Waals surface area contributed by atoms with E-state index in [1.807, 2.05) is 13.8 Å². The lowest BCUT2D eigenvalue weighted by atomic mass is 10.2. The van der Waals surface area contributed by atoms with Crippen LogP contribution in [0.1, 0.15) is 26.3 Å². The first-order valence-electron chi connectivity index (χ1n) is 7.82. The fraction of sp³-hybridized carbons (Fsp3) is 0.562. The summed E-state index contributed by atoms with van der Waals surface area (Å²) in [4.78, 5) is 12.1. The van der Waals surface area contributed by atoms with E-state index < -0.39 is 24.1 Å². The Balaban J connectivity index is 2.58. The van der Waals surface area contributed by atoms with E-state index in [-0.39, 0.29) is 11.6 Å². The second kappa shape index (κ2) is 9.61. The maximum absolute atomic E-state index is 12.7. The Labute approximate surface area is 139 Å². The molecular weight excluding hydrogens is 325 g/mol. The normalized spacial score (nSPS) is 13.1. The highest BCUT2D eigenvalue weighted by molar-refractivity contribution is 5.93. The Morgan fingerprint density at radius 1 is 1.25 bits per heavy atom. The maximum atomic E-state index is 12.7. The summed E-state index contributed by atoms with van der Waals surface area (Å²) in [6.45, 7) is 6.75. The predicted octanol–water partition coefficient (Wildman–Crippen LogP) is 1.99. The number of halogens is 3. The lowest BCUT2D eigenvalue weighted by Crippen LogP contribution is -2.93. The van der Waals surface area contributed by atoms with E-state index >= 15 is 0 Å². The number of benzene rings is 1. The van der Waals surface area contributed by atoms with Gasteiger partial charge < -0.3 is 20.1 Å². The van der Waals surface area contributed by atoms with Crippen molar-refractivity contribution in [3.05, 3.63) is 29.8 Å². The van der Waals surface area contributed by atoms with Gasteiger partial charge in [-0.05, 0) is 39.0 Å². The molecule has 0 saturated heterocycles. The molecule has 0 aliphatic rings. The Bertz CT molecular complexity index is 518. The minimum atomic E-state index is -4.44. The molecule has 1 rings (SSSR count). The van der Waals surface area contributed by atoms with E-state index in [2.05, 4.69) is 5.32 Å². The topological polar surface area (TPSA) is 64.2 Å². The number of quaternary nitrogens is 1. The van der Waals surface area contributed by atoms with Gasteiger partial charge in [-0.3, -0.25) is 4.79 Å². The van der Waals surface area contributed by atoms with Crippen molar-refractivity contribution in [3.8, 4) is 0 Å². The quantitative estimate of drug-likeness (QED) is 0.670. The number of anilines is 1. The highest BCUT2D eigenvalue weighted by atomic mass is 19.4. The fourth-order valence-corrected chi connectivity index (χ4v) is 2.01. The van der Waals surface area contributed by atoms with E-state index in [1.54, 1.807) is 12.2 Å². The number of nitrogens with one attached hydrogen (secondary N) is 1. The molecular formula is C16H24F3N2O3+. The summed E-state index contributed by atoms with van der Waals surface area (Å²) in [5, 5.41) is 4.21. The molecule has 0 unspecified atom stereocenters. The number of alkyl halides is 3. The lowest BCUT2D eigenvalue weighted by Gasteiger charge is -2.18. The van der Waals surface area contributed by atoms with Crippen LogP contribution in [0.15, 0.2) is 24.3 Å². The smallest absolute Gasteiger partial charge is 0.348 e. The standard InChI is InChI=1S/C16H23F3N2O3/c1-4-23-14(24-5-2)10-20-11(3)15(22)21-13-8-6-7-12(9-13)16(17,18)19/h6-9,11,14,20H,4-5,10H2,1-3H3,(H,21,22)/p+1/t11-/m1/s1. The van der Waals surface area contributed by atoms with Crippen LogP contribution in [-0.4, -0.2) is 38.0 Å². The van der Waals surface area contributed by atoms with Crippen LogP contribution in [0.25, 0.3) is 0 Å². The van der Waals surface area contributed by atoms with E-state index in [0.29, 0.717) is 19.8 Å². The van der Waals surface area contributed by atoms with Crippen molar-refractivity contribution in [2.24, 2.45) is 0 Å². The number of amides is 1. The molecule has 0 saturated carbocycles. The predicted molar refractivity (Wildman–Crippen MR) is 83.4 cm³/mol. The number of carbonyl (C=O) groups is 1. The number of nitrogens with two attached hydrogens (primary N) is 1. The highest BCUT2D eigenvalue weighted by Crippen LogP contribution is 2.30. The van der Waals surface area contributed by atoms with E-state index in [0.717, 1.165) is 12.1 Å². The summed E-state index contributed by atoms with van der Waals surface area (Å²) in [5.74, 6) is -0.388. The van der Waals surface area contributed by atoms with Crippen LogP contribution >= 0.6 is 0 Å². The Hall–Kier alpha value is -1.64. The summed E-state index contributed by atoms with van der Waals surface area (Å²) in [7, 11) is 0. The number of rotatable bonds is 9. The van der Waals surface area contributed by atoms with Gasteiger partial charge in [-0.25, -0.2) is 0 Å². The second-order valence-corrected chi connectivity index (χ2v) is 5.17. The van der Waals surface area contributed by atoms with Gasteiger partial charge >= 0.3 is 6.18 Å². The largest absolute Gasteiger partial charge is 0.416 e. The van der Waals surface area contributed by atoms with Crippen LogP contribution in [0.4, 0.5) is 18.9 Å². The van der Waals surface area contributed by atoms with Gasteiger partial charge in [0.05, 0.1) is 5.56 Å². The molecule has 1 amide bonds. The minimum absolute atomic E-state index is 0.112. The van der Waals surface area contributed by atoms with Gasteiger partial charge in [0.2, 0.25) is 6.29 Å². The minimum Gasteiger partial charge on any atom is -0.348 e. The number of hydrogen-bond donors (Lipinski definition) is 2. The summed E-state index contributed by atoms with van der Waals surface area (Å²) < 4.78 is 48.8. The van der Waals surface area contributed by atoms with Gasteiger partial charge in [0.25, 0.3) is 5.91 Å². The number of ether oxygens (including phenoxy) is 2. The van der Waals surface area contributed by atoms with E-state index in [1.165, 1.54) is 12.1 Å². The van der Waals surface area contributed by atoms with Gasteiger partial charge in [-0.15, -0.1) is 0 Å². The molecule has 24 heavy (non-hydrogen) atoms. The molecule has 0 bridgehead atoms. The fourth-order valence-electron chi connectivity index (χ4n) is 2.01. The van der Waals surface area contributed by atoms with Crippen LogP contribution in [0.3, 0.4) is 0 Å². The molecule has 8 heteroatoms. The van der Waals surface area contributed by atoms with Crippen molar-refractivity contribution < 1.29 is 32.8 Å². The Kier molecular flexibility index (Phi) is 8.17. The summed E-state index contributed by atoms with van der Waals surface area (Å²) in [6.07, 6.45) is -4.87. The molecule has 3 N–H and O–H groups in total. The monoisotopic (exact) mass is 349 g/mol. The zero-order chi connectivity index (χ0) is 18.2. The highest BCUT2D eigenvalue weighted by Gasteiger charge is 2.30. The third kappa shape index (κ3) is 6.86. The van der Waals surface area contributed by atoms with Gasteiger partial charge in [0.1, 0.15) is 6.54 Å². The molecule has 1 atom stereocenters. The van der Waals surface area contributed by atoms with Crippen LogP contribution in [-0.2, 0) is 20.4 Å². The van der Waals surface area contributed by atoms with E-state index in [9.17, 15) is 18.0 Å². The zero-order valence-electron chi connectivity index (χ0n) is 14.0. The molecule has 1 aromatic rings. The van der Waals surface area contributed by atoms with Crippen molar-refractivity contribution in [2.75, 3.05) is 25.1 Å². The molecule has 5 nitrogen and oxygen atoms in total. The third-order valence-corrected chi connectivity index (χ3v) is 3.26. The first-order chi connectivity index (χ1) is 11.3. The van der Waals surface area contributed by atoms with Crippen molar-refractivity contribution in [1.29, 1.82) is 0 Å². The van der Waals surface area contributed by atoms with Gasteiger partial charge in [-0.1, -0.05) is 6.07 Å². The zero-order valence-corrected chi connectivity index (χ0v) is 14.0. The molecule has 0 radical (unpaired) electrons. The third-order valence-electron chi connectivity index (χ3n) is 3.26. The molecule has 0 spiro atoms. The first-order valence-corrected chi connectivity index (χ1v) is 7.82.